The summed E-state index contributed by atoms with van der Waals surface area (Å²) >= 11 is 0. The Kier molecular flexibility index (Phi) is 5.25. The van der Waals surface area contributed by atoms with E-state index in [-0.39, 0.29) is 33.5 Å². The Morgan fingerprint density at radius 3 is 2.38 bits per heavy atom. The number of benzene rings is 2. The van der Waals surface area contributed by atoms with E-state index in [0.29, 0.717) is 26.2 Å². The fourth-order valence-corrected chi connectivity index (χ4v) is 5.35. The lowest BCUT2D eigenvalue weighted by Gasteiger charge is -2.34. The monoisotopic (exact) mass is 451 g/mol. The van der Waals surface area contributed by atoms with E-state index in [4.69, 9.17) is 4.42 Å². The van der Waals surface area contributed by atoms with Crippen molar-refractivity contribution in [3.63, 3.8) is 0 Å². The Balaban J connectivity index is 1.51. The third-order valence-corrected chi connectivity index (χ3v) is 7.63. The minimum atomic E-state index is -3.88. The fourth-order valence-electron chi connectivity index (χ4n) is 4.00. The topological polar surface area (TPSA) is 83.7 Å². The van der Waals surface area contributed by atoms with E-state index in [0.717, 1.165) is 24.0 Å². The van der Waals surface area contributed by atoms with Gasteiger partial charge in [-0.25, -0.2) is 8.42 Å². The summed E-state index contributed by atoms with van der Waals surface area (Å²) in [6.07, 6.45) is 1.95. The van der Waals surface area contributed by atoms with E-state index in [2.05, 4.69) is 4.98 Å². The Bertz CT molecular complexity index is 1240. The van der Waals surface area contributed by atoms with Crippen LogP contribution in [0.15, 0.2) is 68.9 Å². The van der Waals surface area contributed by atoms with Gasteiger partial charge in [0, 0.05) is 37.7 Å². The summed E-state index contributed by atoms with van der Waals surface area (Å²) in [5, 5.41) is -0.0813. The Morgan fingerprint density at radius 2 is 1.72 bits per heavy atom. The highest BCUT2D eigenvalue weighted by Crippen LogP contribution is 2.36. The molecule has 32 heavy (non-hydrogen) atoms. The summed E-state index contributed by atoms with van der Waals surface area (Å²) < 4.78 is 33.0. The highest BCUT2D eigenvalue weighted by molar-refractivity contribution is 7.91. The van der Waals surface area contributed by atoms with Crippen molar-refractivity contribution in [3.05, 3.63) is 60.2 Å². The third kappa shape index (κ3) is 3.90. The van der Waals surface area contributed by atoms with Gasteiger partial charge in [0.1, 0.15) is 0 Å². The number of rotatable bonds is 5. The van der Waals surface area contributed by atoms with Crippen LogP contribution in [0.2, 0.25) is 0 Å². The van der Waals surface area contributed by atoms with Crippen LogP contribution < -0.4 is 4.90 Å². The van der Waals surface area contributed by atoms with Crippen LogP contribution in [0, 0.1) is 12.8 Å². The highest BCUT2D eigenvalue weighted by Gasteiger charge is 2.37. The number of carbonyl (C=O) groups excluding carboxylic acids is 1. The number of aromatic nitrogens is 1. The van der Waals surface area contributed by atoms with Gasteiger partial charge in [0.15, 0.2) is 0 Å². The molecule has 166 valence electrons. The van der Waals surface area contributed by atoms with Crippen LogP contribution in [0.4, 0.5) is 5.88 Å². The van der Waals surface area contributed by atoms with Crippen LogP contribution in [0.5, 0.6) is 0 Å². The molecule has 0 unspecified atom stereocenters. The van der Waals surface area contributed by atoms with Crippen molar-refractivity contribution in [2.75, 3.05) is 31.1 Å². The average molecular weight is 452 g/mol. The van der Waals surface area contributed by atoms with Gasteiger partial charge in [-0.2, -0.15) is 4.98 Å². The number of sulfone groups is 1. The zero-order valence-corrected chi connectivity index (χ0v) is 18.7. The van der Waals surface area contributed by atoms with Crippen molar-refractivity contribution >= 4 is 21.6 Å². The maximum absolute atomic E-state index is 13.5. The van der Waals surface area contributed by atoms with Gasteiger partial charge in [-0.1, -0.05) is 35.9 Å². The summed E-state index contributed by atoms with van der Waals surface area (Å²) in [4.78, 5) is 20.8. The summed E-state index contributed by atoms with van der Waals surface area (Å²) in [5.74, 6) is 0.896. The zero-order valence-electron chi connectivity index (χ0n) is 17.9. The van der Waals surface area contributed by atoms with Crippen molar-refractivity contribution in [3.8, 4) is 11.5 Å². The largest absolute Gasteiger partial charge is 0.419 e. The Morgan fingerprint density at radius 1 is 1.00 bits per heavy atom. The second-order valence-electron chi connectivity index (χ2n) is 8.40. The number of carbonyl (C=O) groups is 1. The number of amides is 1. The zero-order chi connectivity index (χ0) is 22.3. The second kappa shape index (κ2) is 8.09. The van der Waals surface area contributed by atoms with E-state index in [1.807, 2.05) is 41.0 Å². The molecule has 1 aromatic heterocycles. The van der Waals surface area contributed by atoms with Gasteiger partial charge in [-0.05, 0) is 44.0 Å². The Labute approximate surface area is 187 Å². The lowest BCUT2D eigenvalue weighted by molar-refractivity contribution is -0.132. The average Bonchev–Trinajstić information content (AvgIpc) is 3.56. The molecule has 1 aliphatic carbocycles. The number of aryl methyl sites for hydroxylation is 1. The first-order valence-corrected chi connectivity index (χ1v) is 12.3. The number of hydrogen-bond donors (Lipinski definition) is 0. The number of hydrogen-bond acceptors (Lipinski definition) is 6. The Hall–Kier alpha value is -3.13. The molecule has 0 radical (unpaired) electrons. The van der Waals surface area contributed by atoms with Gasteiger partial charge in [0.25, 0.3) is 0 Å². The molecule has 1 saturated carbocycles. The van der Waals surface area contributed by atoms with E-state index in [1.165, 1.54) is 0 Å². The van der Waals surface area contributed by atoms with Gasteiger partial charge in [0.05, 0.1) is 4.90 Å². The SMILES string of the molecule is Cc1cccc(-c2nc(S(=O)(=O)c3ccccc3)c(N3CCN(C(=O)C4CC4)CC3)o2)c1. The lowest BCUT2D eigenvalue weighted by atomic mass is 10.1. The molecule has 3 aromatic rings. The van der Waals surface area contributed by atoms with Crippen molar-refractivity contribution < 1.29 is 17.6 Å². The molecule has 1 aliphatic heterocycles. The molecule has 8 heteroatoms. The van der Waals surface area contributed by atoms with Crippen LogP contribution in [-0.4, -0.2) is 50.4 Å². The van der Waals surface area contributed by atoms with Crippen molar-refractivity contribution in [2.24, 2.45) is 5.92 Å². The minimum absolute atomic E-state index is 0.0813. The van der Waals surface area contributed by atoms with Crippen LogP contribution >= 0.6 is 0 Å². The normalized spacial score (nSPS) is 16.9. The molecule has 2 heterocycles. The minimum Gasteiger partial charge on any atom is -0.419 e. The maximum Gasteiger partial charge on any atom is 0.236 e. The molecule has 0 bridgehead atoms. The van der Waals surface area contributed by atoms with Crippen LogP contribution in [-0.2, 0) is 14.6 Å². The predicted octanol–water partition coefficient (Wildman–Crippen LogP) is 3.54. The molecule has 5 rings (SSSR count). The molecule has 0 N–H and O–H groups in total. The van der Waals surface area contributed by atoms with E-state index < -0.39 is 9.84 Å². The van der Waals surface area contributed by atoms with Crippen LogP contribution in [0.25, 0.3) is 11.5 Å². The first-order chi connectivity index (χ1) is 15.4. The standard InChI is InChI=1S/C24H25N3O4S/c1-17-6-5-7-19(16-17)21-25-22(32(29,30)20-8-3-2-4-9-20)24(31-21)27-14-12-26(13-15-27)23(28)18-10-11-18/h2-9,16,18H,10-15H2,1H3. The highest BCUT2D eigenvalue weighted by atomic mass is 32.2. The molecule has 1 amide bonds. The van der Waals surface area contributed by atoms with Gasteiger partial charge in [0.2, 0.25) is 32.5 Å². The predicted molar refractivity (Wildman–Crippen MR) is 120 cm³/mol. The smallest absolute Gasteiger partial charge is 0.236 e. The molecule has 0 atom stereocenters. The first kappa shape index (κ1) is 20.8. The van der Waals surface area contributed by atoms with E-state index >= 15 is 0 Å². The van der Waals surface area contributed by atoms with Crippen molar-refractivity contribution in [2.45, 2.75) is 29.7 Å². The second-order valence-corrected chi connectivity index (χ2v) is 10.3. The first-order valence-electron chi connectivity index (χ1n) is 10.9. The summed E-state index contributed by atoms with van der Waals surface area (Å²) in [5.41, 5.74) is 1.75. The summed E-state index contributed by atoms with van der Waals surface area (Å²) in [6.45, 7) is 4.04. The molecule has 2 fully saturated rings. The quantitative estimate of drug-likeness (QED) is 0.590. The van der Waals surface area contributed by atoms with E-state index in [1.54, 1.807) is 30.3 Å². The number of piperazine rings is 1. The van der Waals surface area contributed by atoms with Crippen molar-refractivity contribution in [1.29, 1.82) is 0 Å². The van der Waals surface area contributed by atoms with Gasteiger partial charge < -0.3 is 14.2 Å². The summed E-state index contributed by atoms with van der Waals surface area (Å²) in [6, 6.07) is 15.9. The van der Waals surface area contributed by atoms with Gasteiger partial charge >= 0.3 is 0 Å². The number of anilines is 1. The molecular weight excluding hydrogens is 426 g/mol. The number of nitrogens with zero attached hydrogens (tertiary/aromatic N) is 3. The maximum atomic E-state index is 13.5. The van der Waals surface area contributed by atoms with Gasteiger partial charge in [-0.15, -0.1) is 0 Å². The molecule has 0 spiro atoms. The molecule has 7 nitrogen and oxygen atoms in total. The lowest BCUT2D eigenvalue weighted by Crippen LogP contribution is -2.49. The van der Waals surface area contributed by atoms with E-state index in [9.17, 15) is 13.2 Å². The number of oxazole rings is 1. The van der Waals surface area contributed by atoms with Crippen LogP contribution in [0.3, 0.4) is 0 Å². The van der Waals surface area contributed by atoms with Crippen LogP contribution in [0.1, 0.15) is 18.4 Å². The molecule has 2 aliphatic rings. The van der Waals surface area contributed by atoms with Crippen molar-refractivity contribution in [1.82, 2.24) is 9.88 Å². The molecule has 1 saturated heterocycles. The third-order valence-electron chi connectivity index (χ3n) is 5.96. The summed E-state index contributed by atoms with van der Waals surface area (Å²) in [7, 11) is -3.88. The molecule has 2 aromatic carbocycles. The van der Waals surface area contributed by atoms with Gasteiger partial charge in [-0.3, -0.25) is 4.79 Å². The molecular formula is C24H25N3O4S. The fraction of sp³-hybridized carbons (Fsp3) is 0.333.